The molecule has 2 amide bonds. The van der Waals surface area contributed by atoms with Crippen molar-refractivity contribution in [3.05, 3.63) is 0 Å². The zero-order chi connectivity index (χ0) is 17.9. The Morgan fingerprint density at radius 1 is 1.00 bits per heavy atom. The van der Waals surface area contributed by atoms with Crippen molar-refractivity contribution in [2.45, 2.75) is 92.5 Å². The third-order valence-corrected chi connectivity index (χ3v) is 4.28. The first kappa shape index (κ1) is 21.9. The number of hydrogen-bond donors (Lipinski definition) is 1. The van der Waals surface area contributed by atoms with Crippen molar-refractivity contribution < 1.29 is 9.59 Å². The van der Waals surface area contributed by atoms with Crippen LogP contribution in [-0.4, -0.2) is 35.8 Å². The molecule has 1 N–H and O–H groups in total. The standard InChI is InChI=1S/C19H38N2O2/c1-7-10-11-12-13-16(4)20-17(22)14-19(5,6)15-18(23)21(8-2)9-3/h16H,7-15H2,1-6H3,(H,20,22)/t16-/m0/s1. The summed E-state index contributed by atoms with van der Waals surface area (Å²) < 4.78 is 0. The Bertz CT molecular complexity index is 349. The number of unbranched alkanes of at least 4 members (excludes halogenated alkanes) is 3. The van der Waals surface area contributed by atoms with Crippen LogP contribution in [0.1, 0.15) is 86.5 Å². The average molecular weight is 327 g/mol. The van der Waals surface area contributed by atoms with Crippen molar-refractivity contribution in [2.24, 2.45) is 5.41 Å². The maximum atomic E-state index is 12.2. The predicted molar refractivity (Wildman–Crippen MR) is 97.3 cm³/mol. The van der Waals surface area contributed by atoms with Gasteiger partial charge in [0.05, 0.1) is 0 Å². The van der Waals surface area contributed by atoms with E-state index in [-0.39, 0.29) is 23.3 Å². The molecule has 0 aliphatic carbocycles. The fourth-order valence-electron chi connectivity index (χ4n) is 2.87. The second-order valence-electron chi connectivity index (χ2n) is 7.40. The van der Waals surface area contributed by atoms with Crippen LogP contribution in [0.5, 0.6) is 0 Å². The van der Waals surface area contributed by atoms with Crippen LogP contribution in [-0.2, 0) is 9.59 Å². The highest BCUT2D eigenvalue weighted by molar-refractivity contribution is 5.80. The third-order valence-electron chi connectivity index (χ3n) is 4.28. The van der Waals surface area contributed by atoms with Gasteiger partial charge >= 0.3 is 0 Å². The van der Waals surface area contributed by atoms with Gasteiger partial charge in [-0.2, -0.15) is 0 Å². The molecule has 0 bridgehead atoms. The van der Waals surface area contributed by atoms with Crippen LogP contribution >= 0.6 is 0 Å². The lowest BCUT2D eigenvalue weighted by atomic mass is 9.84. The molecule has 4 heteroatoms. The fraction of sp³-hybridized carbons (Fsp3) is 0.895. The van der Waals surface area contributed by atoms with Crippen LogP contribution in [0.4, 0.5) is 0 Å². The Morgan fingerprint density at radius 3 is 2.13 bits per heavy atom. The summed E-state index contributed by atoms with van der Waals surface area (Å²) in [4.78, 5) is 26.3. The molecular formula is C19H38N2O2. The number of rotatable bonds is 12. The van der Waals surface area contributed by atoms with Gasteiger partial charge in [0.15, 0.2) is 0 Å². The van der Waals surface area contributed by atoms with Crippen molar-refractivity contribution in [3.63, 3.8) is 0 Å². The highest BCUT2D eigenvalue weighted by Gasteiger charge is 2.27. The first-order chi connectivity index (χ1) is 10.8. The van der Waals surface area contributed by atoms with Crippen LogP contribution in [0.2, 0.25) is 0 Å². The molecule has 0 saturated carbocycles. The normalized spacial score (nSPS) is 12.8. The van der Waals surface area contributed by atoms with E-state index in [2.05, 4.69) is 19.2 Å². The summed E-state index contributed by atoms with van der Waals surface area (Å²) in [7, 11) is 0. The maximum Gasteiger partial charge on any atom is 0.223 e. The predicted octanol–water partition coefficient (Wildman–Crippen LogP) is 4.14. The highest BCUT2D eigenvalue weighted by atomic mass is 16.2. The minimum atomic E-state index is -0.300. The third kappa shape index (κ3) is 10.4. The van der Waals surface area contributed by atoms with E-state index in [1.165, 1.54) is 25.7 Å². The zero-order valence-corrected chi connectivity index (χ0v) is 16.2. The van der Waals surface area contributed by atoms with Gasteiger partial charge in [-0.05, 0) is 32.6 Å². The van der Waals surface area contributed by atoms with Gasteiger partial charge in [-0.3, -0.25) is 9.59 Å². The SMILES string of the molecule is CCCCCC[C@H](C)NC(=O)CC(C)(C)CC(=O)N(CC)CC. The molecule has 0 saturated heterocycles. The summed E-state index contributed by atoms with van der Waals surface area (Å²) in [5.74, 6) is 0.200. The largest absolute Gasteiger partial charge is 0.354 e. The molecule has 0 rings (SSSR count). The minimum absolute atomic E-state index is 0.0605. The highest BCUT2D eigenvalue weighted by Crippen LogP contribution is 2.26. The van der Waals surface area contributed by atoms with Gasteiger partial charge in [0.1, 0.15) is 0 Å². The number of carbonyl (C=O) groups is 2. The lowest BCUT2D eigenvalue weighted by Gasteiger charge is -2.28. The molecule has 0 aromatic carbocycles. The molecule has 23 heavy (non-hydrogen) atoms. The van der Waals surface area contributed by atoms with Gasteiger partial charge < -0.3 is 10.2 Å². The van der Waals surface area contributed by atoms with Crippen molar-refractivity contribution in [1.82, 2.24) is 10.2 Å². The Kier molecular flexibility index (Phi) is 10.9. The number of nitrogens with zero attached hydrogens (tertiary/aromatic N) is 1. The summed E-state index contributed by atoms with van der Waals surface area (Å²) in [5, 5.41) is 3.08. The van der Waals surface area contributed by atoms with E-state index in [4.69, 9.17) is 0 Å². The number of nitrogens with one attached hydrogen (secondary N) is 1. The van der Waals surface area contributed by atoms with E-state index in [0.29, 0.717) is 12.8 Å². The minimum Gasteiger partial charge on any atom is -0.354 e. The quantitative estimate of drug-likeness (QED) is 0.548. The summed E-state index contributed by atoms with van der Waals surface area (Å²) in [6.45, 7) is 13.7. The molecule has 1 atom stereocenters. The van der Waals surface area contributed by atoms with Crippen LogP contribution in [0.25, 0.3) is 0 Å². The smallest absolute Gasteiger partial charge is 0.223 e. The molecule has 0 unspecified atom stereocenters. The Morgan fingerprint density at radius 2 is 1.61 bits per heavy atom. The zero-order valence-electron chi connectivity index (χ0n) is 16.2. The van der Waals surface area contributed by atoms with Crippen LogP contribution < -0.4 is 5.32 Å². The molecule has 0 radical (unpaired) electrons. The van der Waals surface area contributed by atoms with E-state index >= 15 is 0 Å². The molecule has 0 aromatic heterocycles. The second kappa shape index (κ2) is 11.5. The van der Waals surface area contributed by atoms with Crippen molar-refractivity contribution in [3.8, 4) is 0 Å². The fourth-order valence-corrected chi connectivity index (χ4v) is 2.87. The topological polar surface area (TPSA) is 49.4 Å². The molecule has 136 valence electrons. The Balaban J connectivity index is 4.22. The van der Waals surface area contributed by atoms with Gasteiger partial charge in [-0.1, -0.05) is 46.5 Å². The summed E-state index contributed by atoms with van der Waals surface area (Å²) in [6.07, 6.45) is 6.76. The van der Waals surface area contributed by atoms with Gasteiger partial charge in [-0.15, -0.1) is 0 Å². The number of carbonyl (C=O) groups excluding carboxylic acids is 2. The van der Waals surface area contributed by atoms with E-state index in [9.17, 15) is 9.59 Å². The van der Waals surface area contributed by atoms with Gasteiger partial charge in [0, 0.05) is 32.0 Å². The summed E-state index contributed by atoms with van der Waals surface area (Å²) in [5.41, 5.74) is -0.300. The van der Waals surface area contributed by atoms with Crippen molar-refractivity contribution >= 4 is 11.8 Å². The number of amides is 2. The molecule has 0 fully saturated rings. The monoisotopic (exact) mass is 326 g/mol. The van der Waals surface area contributed by atoms with Crippen molar-refractivity contribution in [1.29, 1.82) is 0 Å². The first-order valence-electron chi connectivity index (χ1n) is 9.32. The van der Waals surface area contributed by atoms with Gasteiger partial charge in [-0.25, -0.2) is 0 Å². The molecule has 4 nitrogen and oxygen atoms in total. The van der Waals surface area contributed by atoms with Crippen molar-refractivity contribution in [2.75, 3.05) is 13.1 Å². The molecular weight excluding hydrogens is 288 g/mol. The molecule has 0 heterocycles. The number of hydrogen-bond acceptors (Lipinski definition) is 2. The summed E-state index contributed by atoms with van der Waals surface area (Å²) >= 11 is 0. The second-order valence-corrected chi connectivity index (χ2v) is 7.40. The molecule has 0 aliphatic rings. The lowest BCUT2D eigenvalue weighted by Crippen LogP contribution is -2.38. The van der Waals surface area contributed by atoms with E-state index in [1.54, 1.807) is 0 Å². The summed E-state index contributed by atoms with van der Waals surface area (Å²) in [6, 6.07) is 0.216. The molecule has 0 aliphatic heterocycles. The van der Waals surface area contributed by atoms with E-state index in [1.807, 2.05) is 32.6 Å². The van der Waals surface area contributed by atoms with E-state index in [0.717, 1.165) is 19.5 Å². The van der Waals surface area contributed by atoms with E-state index < -0.39 is 0 Å². The van der Waals surface area contributed by atoms with Crippen LogP contribution in [0.15, 0.2) is 0 Å². The van der Waals surface area contributed by atoms with Gasteiger partial charge in [0.25, 0.3) is 0 Å². The molecule has 0 aromatic rings. The van der Waals surface area contributed by atoms with Crippen LogP contribution in [0, 0.1) is 5.41 Å². The first-order valence-corrected chi connectivity index (χ1v) is 9.32. The lowest BCUT2D eigenvalue weighted by molar-refractivity contribution is -0.133. The van der Waals surface area contributed by atoms with Crippen LogP contribution in [0.3, 0.4) is 0 Å². The Labute approximate surface area is 143 Å². The average Bonchev–Trinajstić information content (AvgIpc) is 2.43. The molecule has 0 spiro atoms. The Hall–Kier alpha value is -1.06. The maximum absolute atomic E-state index is 12.2. The van der Waals surface area contributed by atoms with Gasteiger partial charge in [0.2, 0.25) is 11.8 Å².